The van der Waals surface area contributed by atoms with Crippen molar-refractivity contribution in [3.8, 4) is 0 Å². The minimum Gasteiger partial charge on any atom is -0.225 e. The number of nitrogens with two attached hydrogens (primary N) is 1. The number of benzene rings is 1. The Morgan fingerprint density at radius 1 is 1.00 bits per heavy atom. The van der Waals surface area contributed by atoms with Crippen molar-refractivity contribution in [2.75, 3.05) is 0 Å². The first-order chi connectivity index (χ1) is 7.48. The van der Waals surface area contributed by atoms with Crippen LogP contribution in [0.5, 0.6) is 0 Å². The minimum atomic E-state index is -5.90. The summed E-state index contributed by atoms with van der Waals surface area (Å²) in [6.07, 6.45) is -5.90. The maximum atomic E-state index is 13.0. The molecule has 0 saturated heterocycles. The summed E-state index contributed by atoms with van der Waals surface area (Å²) in [4.78, 5) is -1.25. The zero-order valence-corrected chi connectivity index (χ0v) is 8.82. The second kappa shape index (κ2) is 3.91. The normalized spacial score (nSPS) is 13.8. The molecule has 0 aliphatic rings. The van der Waals surface area contributed by atoms with Crippen molar-refractivity contribution in [2.45, 2.75) is 17.0 Å². The molecule has 0 fully saturated rings. The molecule has 1 rings (SSSR count). The number of sulfonamides is 1. The molecule has 1 aromatic carbocycles. The first kappa shape index (κ1) is 13.8. The Morgan fingerprint density at radius 2 is 1.47 bits per heavy atom. The second-order valence-corrected chi connectivity index (χ2v) is 4.64. The highest BCUT2D eigenvalue weighted by molar-refractivity contribution is 7.89. The second-order valence-electron chi connectivity index (χ2n) is 3.11. The zero-order chi connectivity index (χ0) is 13.5. The summed E-state index contributed by atoms with van der Waals surface area (Å²) in [6, 6.07) is 2.82. The number of halogens is 5. The van der Waals surface area contributed by atoms with E-state index in [4.69, 9.17) is 0 Å². The quantitative estimate of drug-likeness (QED) is 0.839. The van der Waals surface area contributed by atoms with E-state index in [-0.39, 0.29) is 0 Å². The molecule has 0 saturated carbocycles. The fourth-order valence-corrected chi connectivity index (χ4v) is 1.90. The van der Waals surface area contributed by atoms with E-state index in [1.165, 1.54) is 0 Å². The summed E-state index contributed by atoms with van der Waals surface area (Å²) in [5, 5.41) is 4.57. The lowest BCUT2D eigenvalue weighted by molar-refractivity contribution is -0.290. The number of primary sulfonamides is 1. The summed E-state index contributed by atoms with van der Waals surface area (Å²) >= 11 is 0. The molecule has 96 valence electrons. The van der Waals surface area contributed by atoms with E-state index in [1.54, 1.807) is 0 Å². The van der Waals surface area contributed by atoms with Crippen LogP contribution >= 0.6 is 0 Å². The van der Waals surface area contributed by atoms with Crippen molar-refractivity contribution in [1.82, 2.24) is 0 Å². The van der Waals surface area contributed by atoms with Crippen LogP contribution in [0.2, 0.25) is 0 Å². The van der Waals surface area contributed by atoms with Gasteiger partial charge in [0.05, 0.1) is 10.5 Å². The summed E-state index contributed by atoms with van der Waals surface area (Å²) < 4.78 is 84.1. The molecule has 0 aliphatic carbocycles. The molecule has 9 heteroatoms. The van der Waals surface area contributed by atoms with Gasteiger partial charge in [0.1, 0.15) is 0 Å². The molecule has 0 heterocycles. The Balaban J connectivity index is 3.54. The van der Waals surface area contributed by atoms with E-state index in [9.17, 15) is 30.4 Å². The van der Waals surface area contributed by atoms with Crippen molar-refractivity contribution < 1.29 is 30.4 Å². The minimum absolute atomic E-state index is 0.368. The standard InChI is InChI=1S/C8H6F5NO2S/c9-7(10,8(11,12)13)5-3-1-2-4-6(5)17(14,15)16/h1-4H,(H2,14,15,16). The molecule has 0 atom stereocenters. The van der Waals surface area contributed by atoms with Crippen LogP contribution in [0.15, 0.2) is 29.2 Å². The van der Waals surface area contributed by atoms with Gasteiger partial charge in [-0.15, -0.1) is 0 Å². The third-order valence-electron chi connectivity index (χ3n) is 1.89. The number of rotatable bonds is 2. The molecule has 0 amide bonds. The molecule has 17 heavy (non-hydrogen) atoms. The van der Waals surface area contributed by atoms with Gasteiger partial charge in [-0.3, -0.25) is 0 Å². The number of hydrogen-bond donors (Lipinski definition) is 1. The maximum Gasteiger partial charge on any atom is 0.458 e. The van der Waals surface area contributed by atoms with Gasteiger partial charge >= 0.3 is 12.1 Å². The topological polar surface area (TPSA) is 60.2 Å². The van der Waals surface area contributed by atoms with E-state index in [1.807, 2.05) is 0 Å². The largest absolute Gasteiger partial charge is 0.458 e. The van der Waals surface area contributed by atoms with Crippen LogP contribution in [-0.2, 0) is 15.9 Å². The smallest absolute Gasteiger partial charge is 0.225 e. The van der Waals surface area contributed by atoms with Crippen molar-refractivity contribution in [3.05, 3.63) is 29.8 Å². The van der Waals surface area contributed by atoms with Crippen molar-refractivity contribution in [3.63, 3.8) is 0 Å². The first-order valence-corrected chi connectivity index (χ1v) is 5.59. The van der Waals surface area contributed by atoms with Crippen LogP contribution in [0.4, 0.5) is 22.0 Å². The molecule has 1 aromatic rings. The van der Waals surface area contributed by atoms with Gasteiger partial charge in [0.25, 0.3) is 0 Å². The average Bonchev–Trinajstić information content (AvgIpc) is 2.14. The predicted octanol–water partition coefficient (Wildman–Crippen LogP) is 1.99. The van der Waals surface area contributed by atoms with Crippen molar-refractivity contribution in [2.24, 2.45) is 5.14 Å². The predicted molar refractivity (Wildman–Crippen MR) is 47.8 cm³/mol. The van der Waals surface area contributed by atoms with Gasteiger partial charge in [-0.25, -0.2) is 13.6 Å². The summed E-state index contributed by atoms with van der Waals surface area (Å²) in [5.41, 5.74) is -1.69. The highest BCUT2D eigenvalue weighted by Gasteiger charge is 2.60. The zero-order valence-electron chi connectivity index (χ0n) is 8.00. The van der Waals surface area contributed by atoms with E-state index in [0.717, 1.165) is 12.1 Å². The fourth-order valence-electron chi connectivity index (χ4n) is 1.13. The average molecular weight is 275 g/mol. The highest BCUT2D eigenvalue weighted by Crippen LogP contribution is 2.45. The van der Waals surface area contributed by atoms with Crippen LogP contribution in [0.3, 0.4) is 0 Å². The van der Waals surface area contributed by atoms with Gasteiger partial charge in [0.2, 0.25) is 10.0 Å². The van der Waals surface area contributed by atoms with Gasteiger partial charge in [0.15, 0.2) is 0 Å². The maximum absolute atomic E-state index is 13.0. The van der Waals surface area contributed by atoms with Crippen molar-refractivity contribution >= 4 is 10.0 Å². The molecule has 0 aromatic heterocycles. The molecule has 0 bridgehead atoms. The third kappa shape index (κ3) is 2.55. The highest BCUT2D eigenvalue weighted by atomic mass is 32.2. The Labute approximate surface area is 93.1 Å². The van der Waals surface area contributed by atoms with Crippen LogP contribution in [0.1, 0.15) is 5.56 Å². The van der Waals surface area contributed by atoms with E-state index < -0.39 is 32.6 Å². The fraction of sp³-hybridized carbons (Fsp3) is 0.250. The van der Waals surface area contributed by atoms with Crippen LogP contribution in [0.25, 0.3) is 0 Å². The third-order valence-corrected chi connectivity index (χ3v) is 2.86. The van der Waals surface area contributed by atoms with E-state index in [2.05, 4.69) is 5.14 Å². The number of alkyl halides is 5. The van der Waals surface area contributed by atoms with Gasteiger partial charge in [-0.1, -0.05) is 18.2 Å². The lowest BCUT2D eigenvalue weighted by Gasteiger charge is -2.21. The molecule has 0 aliphatic heterocycles. The number of hydrogen-bond acceptors (Lipinski definition) is 2. The Kier molecular flexibility index (Phi) is 3.19. The van der Waals surface area contributed by atoms with Crippen molar-refractivity contribution in [1.29, 1.82) is 0 Å². The van der Waals surface area contributed by atoms with Gasteiger partial charge in [-0.05, 0) is 6.07 Å². The Bertz CT molecular complexity index is 523. The SMILES string of the molecule is NS(=O)(=O)c1ccccc1C(F)(F)C(F)(F)F. The molecular formula is C8H6F5NO2S. The van der Waals surface area contributed by atoms with Gasteiger partial charge < -0.3 is 0 Å². The van der Waals surface area contributed by atoms with Crippen LogP contribution in [-0.4, -0.2) is 14.6 Å². The Morgan fingerprint density at radius 3 is 1.88 bits per heavy atom. The van der Waals surface area contributed by atoms with Crippen LogP contribution in [0, 0.1) is 0 Å². The van der Waals surface area contributed by atoms with Gasteiger partial charge in [0, 0.05) is 0 Å². The summed E-state index contributed by atoms with van der Waals surface area (Å²) in [6.45, 7) is 0. The molecule has 0 radical (unpaired) electrons. The van der Waals surface area contributed by atoms with E-state index >= 15 is 0 Å². The Hall–Kier alpha value is -1.22. The summed E-state index contributed by atoms with van der Waals surface area (Å²) in [5.74, 6) is -5.28. The molecule has 2 N–H and O–H groups in total. The lowest BCUT2D eigenvalue weighted by atomic mass is 10.1. The van der Waals surface area contributed by atoms with E-state index in [0.29, 0.717) is 12.1 Å². The molecule has 3 nitrogen and oxygen atoms in total. The molecule has 0 spiro atoms. The molecule has 0 unspecified atom stereocenters. The molecular weight excluding hydrogens is 269 g/mol. The van der Waals surface area contributed by atoms with Crippen LogP contribution < -0.4 is 5.14 Å². The monoisotopic (exact) mass is 275 g/mol. The van der Waals surface area contributed by atoms with Gasteiger partial charge in [-0.2, -0.15) is 22.0 Å². The first-order valence-electron chi connectivity index (χ1n) is 4.05. The lowest BCUT2D eigenvalue weighted by Crippen LogP contribution is -2.35. The summed E-state index contributed by atoms with van der Waals surface area (Å²) in [7, 11) is -4.66.